The standard InChI is InChI=1S/C27H32N4O7S2/c1-16-19-22(32)31(27(5,6)24(33)29-40(35,36)26(2,3)4)25(34)30(14-12-17-10-8-9-11-18(17)37-7)23(19)39-20(16)21-28-13-15-38-21/h8-11,13,15H,12,14H2,1-7H3,(H,29,33). The number of amides is 1. The van der Waals surface area contributed by atoms with Crippen LogP contribution in [0.25, 0.3) is 21.0 Å². The van der Waals surface area contributed by atoms with Gasteiger partial charge in [0.05, 0.1) is 28.3 Å². The van der Waals surface area contributed by atoms with E-state index in [1.807, 2.05) is 24.3 Å². The summed E-state index contributed by atoms with van der Waals surface area (Å²) in [6, 6.07) is 7.39. The van der Waals surface area contributed by atoms with Gasteiger partial charge in [-0.15, -0.1) is 11.3 Å². The number of ether oxygens (including phenoxy) is 1. The molecule has 4 aromatic rings. The zero-order chi connectivity index (χ0) is 29.6. The molecule has 0 aliphatic heterocycles. The Morgan fingerprint density at radius 1 is 1.15 bits per heavy atom. The number of benzene rings is 1. The lowest BCUT2D eigenvalue weighted by Gasteiger charge is -2.28. The van der Waals surface area contributed by atoms with Crippen molar-refractivity contribution in [1.82, 2.24) is 18.8 Å². The number of aryl methyl sites for hydroxylation is 3. The summed E-state index contributed by atoms with van der Waals surface area (Å²) in [5, 5.41) is 0.220. The summed E-state index contributed by atoms with van der Waals surface area (Å²) in [6.45, 7) is 8.88. The Labute approximate surface area is 235 Å². The van der Waals surface area contributed by atoms with E-state index in [0.29, 0.717) is 33.3 Å². The predicted molar refractivity (Wildman–Crippen MR) is 153 cm³/mol. The number of nitrogens with zero attached hydrogens (tertiary/aromatic N) is 3. The van der Waals surface area contributed by atoms with Gasteiger partial charge in [-0.05, 0) is 65.2 Å². The molecule has 11 nitrogen and oxygen atoms in total. The Hall–Kier alpha value is -3.71. The molecule has 0 radical (unpaired) electrons. The van der Waals surface area contributed by atoms with Crippen molar-refractivity contribution in [3.05, 3.63) is 68.7 Å². The number of oxazole rings is 1. The number of sulfonamides is 1. The smallest absolute Gasteiger partial charge is 0.333 e. The van der Waals surface area contributed by atoms with Gasteiger partial charge in [-0.25, -0.2) is 22.8 Å². The Morgan fingerprint density at radius 3 is 2.42 bits per heavy atom. The van der Waals surface area contributed by atoms with E-state index < -0.39 is 37.5 Å². The molecule has 1 amide bonds. The van der Waals surface area contributed by atoms with E-state index in [0.717, 1.165) is 10.1 Å². The van der Waals surface area contributed by atoms with Crippen LogP contribution in [0.15, 0.2) is 50.7 Å². The van der Waals surface area contributed by atoms with Crippen LogP contribution in [0.2, 0.25) is 0 Å². The third-order valence-corrected chi connectivity index (χ3v) is 10.2. The van der Waals surface area contributed by atoms with Gasteiger partial charge in [-0.2, -0.15) is 0 Å². The van der Waals surface area contributed by atoms with E-state index in [4.69, 9.17) is 9.15 Å². The van der Waals surface area contributed by atoms with Gasteiger partial charge in [-0.3, -0.25) is 18.9 Å². The van der Waals surface area contributed by atoms with Crippen LogP contribution in [-0.2, 0) is 33.3 Å². The topological polar surface area (TPSA) is 142 Å². The molecule has 13 heteroatoms. The number of rotatable bonds is 8. The van der Waals surface area contributed by atoms with Crippen LogP contribution in [0.4, 0.5) is 0 Å². The molecular formula is C27H32N4O7S2. The summed E-state index contributed by atoms with van der Waals surface area (Å²) in [5.41, 5.74) is -1.94. The molecule has 0 bridgehead atoms. The Bertz CT molecular complexity index is 1810. The highest BCUT2D eigenvalue weighted by molar-refractivity contribution is 7.91. The van der Waals surface area contributed by atoms with E-state index in [9.17, 15) is 22.8 Å². The first kappa shape index (κ1) is 29.3. The zero-order valence-corrected chi connectivity index (χ0v) is 25.0. The highest BCUT2D eigenvalue weighted by Crippen LogP contribution is 2.36. The molecule has 3 aromatic heterocycles. The maximum absolute atomic E-state index is 14.0. The van der Waals surface area contributed by atoms with Gasteiger partial charge in [0.25, 0.3) is 11.5 Å². The van der Waals surface area contributed by atoms with Crippen molar-refractivity contribution in [2.24, 2.45) is 0 Å². The Morgan fingerprint density at radius 2 is 1.82 bits per heavy atom. The van der Waals surface area contributed by atoms with Crippen LogP contribution in [0.3, 0.4) is 0 Å². The molecule has 3 heterocycles. The molecule has 40 heavy (non-hydrogen) atoms. The van der Waals surface area contributed by atoms with E-state index in [-0.39, 0.29) is 11.9 Å². The fourth-order valence-electron chi connectivity index (χ4n) is 4.22. The molecule has 1 aromatic carbocycles. The third kappa shape index (κ3) is 4.99. The fourth-order valence-corrected chi connectivity index (χ4v) is 6.28. The molecule has 0 spiro atoms. The minimum atomic E-state index is -4.11. The van der Waals surface area contributed by atoms with E-state index >= 15 is 0 Å². The van der Waals surface area contributed by atoms with Crippen LogP contribution in [0.5, 0.6) is 5.75 Å². The molecule has 0 aliphatic carbocycles. The first-order valence-electron chi connectivity index (χ1n) is 12.5. The largest absolute Gasteiger partial charge is 0.496 e. The summed E-state index contributed by atoms with van der Waals surface area (Å²) in [7, 11) is -2.55. The summed E-state index contributed by atoms with van der Waals surface area (Å²) < 4.78 is 39.5. The molecule has 0 unspecified atom stereocenters. The Balaban J connectivity index is 1.95. The highest BCUT2D eigenvalue weighted by atomic mass is 32.2. The average Bonchev–Trinajstić information content (AvgIpc) is 3.51. The first-order valence-corrected chi connectivity index (χ1v) is 14.8. The van der Waals surface area contributed by atoms with Crippen molar-refractivity contribution in [2.45, 2.75) is 64.8 Å². The Kier molecular flexibility index (Phi) is 7.58. The van der Waals surface area contributed by atoms with Crippen molar-refractivity contribution >= 4 is 37.5 Å². The van der Waals surface area contributed by atoms with Crippen molar-refractivity contribution in [1.29, 1.82) is 0 Å². The summed E-state index contributed by atoms with van der Waals surface area (Å²) in [6.07, 6.45) is 3.28. The highest BCUT2D eigenvalue weighted by Gasteiger charge is 2.40. The van der Waals surface area contributed by atoms with Crippen LogP contribution in [0.1, 0.15) is 45.7 Å². The lowest BCUT2D eigenvalue weighted by molar-refractivity contribution is -0.126. The quantitative estimate of drug-likeness (QED) is 0.330. The van der Waals surface area contributed by atoms with Gasteiger partial charge in [0.2, 0.25) is 15.9 Å². The minimum Gasteiger partial charge on any atom is -0.496 e. The van der Waals surface area contributed by atoms with Crippen LogP contribution in [-0.4, -0.2) is 40.3 Å². The second kappa shape index (κ2) is 10.4. The van der Waals surface area contributed by atoms with Gasteiger partial charge < -0.3 is 9.15 Å². The van der Waals surface area contributed by atoms with E-state index in [2.05, 4.69) is 9.71 Å². The second-order valence-corrected chi connectivity index (χ2v) is 14.3. The number of methoxy groups -OCH3 is 1. The maximum atomic E-state index is 14.0. The first-order chi connectivity index (χ1) is 18.6. The van der Waals surface area contributed by atoms with Crippen molar-refractivity contribution in [3.63, 3.8) is 0 Å². The van der Waals surface area contributed by atoms with E-state index in [1.165, 1.54) is 63.0 Å². The third-order valence-electron chi connectivity index (χ3n) is 6.78. The molecule has 0 saturated heterocycles. The molecule has 1 N–H and O–H groups in total. The number of fused-ring (bicyclic) bond motifs is 1. The lowest BCUT2D eigenvalue weighted by Crippen LogP contribution is -2.58. The van der Waals surface area contributed by atoms with Crippen LogP contribution >= 0.6 is 11.3 Å². The molecule has 4 rings (SSSR count). The minimum absolute atomic E-state index is 0.152. The SMILES string of the molecule is COc1ccccc1CCn1c(=O)n(C(C)(C)C(=O)NS(=O)(=O)C(C)(C)C)c(=O)c2c(C)c(-c3ncco3)sc21. The monoisotopic (exact) mass is 588 g/mol. The number of para-hydroxylation sites is 1. The van der Waals surface area contributed by atoms with Gasteiger partial charge in [0, 0.05) is 6.54 Å². The van der Waals surface area contributed by atoms with Gasteiger partial charge in [-0.1, -0.05) is 18.2 Å². The summed E-state index contributed by atoms with van der Waals surface area (Å²) in [4.78, 5) is 46.5. The summed E-state index contributed by atoms with van der Waals surface area (Å²) in [5.74, 6) is -0.0604. The molecule has 0 saturated carbocycles. The number of aromatic nitrogens is 3. The number of carbonyl (C=O) groups is 1. The molecule has 0 fully saturated rings. The number of hydrogen-bond acceptors (Lipinski definition) is 9. The van der Waals surface area contributed by atoms with Gasteiger partial charge >= 0.3 is 5.69 Å². The van der Waals surface area contributed by atoms with Gasteiger partial charge in [0.15, 0.2) is 0 Å². The van der Waals surface area contributed by atoms with Gasteiger partial charge in [0.1, 0.15) is 22.4 Å². The van der Waals surface area contributed by atoms with Crippen molar-refractivity contribution < 1.29 is 22.4 Å². The summed E-state index contributed by atoms with van der Waals surface area (Å²) >= 11 is 1.19. The zero-order valence-electron chi connectivity index (χ0n) is 23.4. The van der Waals surface area contributed by atoms with Crippen molar-refractivity contribution in [3.8, 4) is 16.5 Å². The number of thiophene rings is 1. The van der Waals surface area contributed by atoms with Crippen LogP contribution < -0.4 is 20.7 Å². The number of nitrogens with one attached hydrogen (secondary N) is 1. The second-order valence-electron chi connectivity index (χ2n) is 10.8. The maximum Gasteiger partial charge on any atom is 0.333 e. The van der Waals surface area contributed by atoms with Crippen molar-refractivity contribution in [2.75, 3.05) is 7.11 Å². The fraction of sp³-hybridized carbons (Fsp3) is 0.407. The molecule has 214 valence electrons. The predicted octanol–water partition coefficient (Wildman–Crippen LogP) is 3.42. The normalized spacial score (nSPS) is 12.6. The molecule has 0 atom stereocenters. The number of carbonyl (C=O) groups excluding carboxylic acids is 1. The average molecular weight is 589 g/mol. The molecular weight excluding hydrogens is 556 g/mol. The van der Waals surface area contributed by atoms with E-state index in [1.54, 1.807) is 14.0 Å². The lowest BCUT2D eigenvalue weighted by atomic mass is 10.0. The van der Waals surface area contributed by atoms with Crippen LogP contribution in [0, 0.1) is 6.92 Å². The number of hydrogen-bond donors (Lipinski definition) is 1. The molecule has 0 aliphatic rings.